The molecule has 0 radical (unpaired) electrons. The largest absolute Gasteiger partial charge is 0.497 e. The van der Waals surface area contributed by atoms with E-state index in [2.05, 4.69) is 4.72 Å². The Morgan fingerprint density at radius 2 is 1.94 bits per heavy atom. The van der Waals surface area contributed by atoms with E-state index >= 15 is 0 Å². The van der Waals surface area contributed by atoms with Crippen molar-refractivity contribution >= 4 is 10.0 Å². The fourth-order valence-electron chi connectivity index (χ4n) is 1.14. The van der Waals surface area contributed by atoms with Gasteiger partial charge in [-0.3, -0.25) is 0 Å². The molecule has 90 valence electrons. The summed E-state index contributed by atoms with van der Waals surface area (Å²) in [7, 11) is -1.96. The Labute approximate surface area is 95.7 Å². The molecule has 6 heteroatoms. The van der Waals surface area contributed by atoms with Crippen LogP contribution in [-0.4, -0.2) is 28.1 Å². The highest BCUT2D eigenvalue weighted by Crippen LogP contribution is 2.15. The van der Waals surface area contributed by atoms with Crippen LogP contribution in [0.2, 0.25) is 0 Å². The maximum Gasteiger partial charge on any atom is 0.240 e. The normalized spacial score (nSPS) is 13.4. The first-order chi connectivity index (χ1) is 7.49. The van der Waals surface area contributed by atoms with Crippen LogP contribution in [0.4, 0.5) is 0 Å². The monoisotopic (exact) mass is 244 g/mol. The average molecular weight is 244 g/mol. The van der Waals surface area contributed by atoms with Crippen molar-refractivity contribution in [2.45, 2.75) is 17.9 Å². The van der Waals surface area contributed by atoms with Gasteiger partial charge in [-0.25, -0.2) is 13.1 Å². The van der Waals surface area contributed by atoms with Gasteiger partial charge >= 0.3 is 0 Å². The number of rotatable bonds is 5. The minimum Gasteiger partial charge on any atom is -0.497 e. The van der Waals surface area contributed by atoms with E-state index in [1.165, 1.54) is 19.2 Å². The Morgan fingerprint density at radius 3 is 2.38 bits per heavy atom. The molecule has 3 N–H and O–H groups in total. The topological polar surface area (TPSA) is 81.4 Å². The van der Waals surface area contributed by atoms with Crippen LogP contribution in [0.5, 0.6) is 5.75 Å². The van der Waals surface area contributed by atoms with Gasteiger partial charge in [-0.15, -0.1) is 0 Å². The maximum absolute atomic E-state index is 11.8. The van der Waals surface area contributed by atoms with Crippen molar-refractivity contribution in [2.75, 3.05) is 13.7 Å². The summed E-state index contributed by atoms with van der Waals surface area (Å²) in [6.45, 7) is 1.97. The van der Waals surface area contributed by atoms with Crippen LogP contribution >= 0.6 is 0 Å². The fraction of sp³-hybridized carbons (Fsp3) is 0.400. The highest BCUT2D eigenvalue weighted by Gasteiger charge is 2.16. The standard InChI is InChI=1S/C10H16N2O3S/c1-8(7-11)12-16(13,14)10-5-3-9(15-2)4-6-10/h3-6,8,12H,7,11H2,1-2H3. The van der Waals surface area contributed by atoms with Crippen LogP contribution in [0.25, 0.3) is 0 Å². The Hall–Kier alpha value is -1.11. The molecule has 1 aromatic carbocycles. The number of benzene rings is 1. The van der Waals surface area contributed by atoms with Gasteiger partial charge in [-0.2, -0.15) is 0 Å². The molecule has 1 rings (SSSR count). The lowest BCUT2D eigenvalue weighted by Gasteiger charge is -2.12. The summed E-state index contributed by atoms with van der Waals surface area (Å²) in [5.74, 6) is 0.617. The van der Waals surface area contributed by atoms with E-state index < -0.39 is 10.0 Å². The van der Waals surface area contributed by atoms with Crippen LogP contribution in [-0.2, 0) is 10.0 Å². The average Bonchev–Trinajstić information content (AvgIpc) is 2.28. The summed E-state index contributed by atoms with van der Waals surface area (Å²) >= 11 is 0. The minimum absolute atomic E-state index is 0.202. The highest BCUT2D eigenvalue weighted by atomic mass is 32.2. The Bertz CT molecular complexity index is 428. The van der Waals surface area contributed by atoms with Gasteiger partial charge in [0, 0.05) is 12.6 Å². The second-order valence-corrected chi connectivity index (χ2v) is 5.15. The van der Waals surface area contributed by atoms with E-state index in [1.54, 1.807) is 19.1 Å². The Kier molecular flexibility index (Phi) is 4.28. The van der Waals surface area contributed by atoms with Crippen LogP contribution in [0.1, 0.15) is 6.92 Å². The first-order valence-electron chi connectivity index (χ1n) is 4.86. The molecule has 5 nitrogen and oxygen atoms in total. The molecule has 0 aliphatic carbocycles. The second-order valence-electron chi connectivity index (χ2n) is 3.43. The van der Waals surface area contributed by atoms with Crippen LogP contribution in [0.15, 0.2) is 29.2 Å². The SMILES string of the molecule is COc1ccc(S(=O)(=O)NC(C)CN)cc1. The van der Waals surface area contributed by atoms with Crippen molar-refractivity contribution in [2.24, 2.45) is 5.73 Å². The van der Waals surface area contributed by atoms with Gasteiger partial charge in [0.15, 0.2) is 0 Å². The number of ether oxygens (including phenoxy) is 1. The molecule has 0 fully saturated rings. The van der Waals surface area contributed by atoms with Crippen molar-refractivity contribution < 1.29 is 13.2 Å². The lowest BCUT2D eigenvalue weighted by atomic mass is 10.3. The van der Waals surface area contributed by atoms with E-state index in [4.69, 9.17) is 10.5 Å². The zero-order valence-corrected chi connectivity index (χ0v) is 10.1. The fourth-order valence-corrected chi connectivity index (χ4v) is 2.39. The molecule has 1 aromatic rings. The van der Waals surface area contributed by atoms with E-state index in [1.807, 2.05) is 0 Å². The number of hydrogen-bond donors (Lipinski definition) is 2. The Morgan fingerprint density at radius 1 is 1.38 bits per heavy atom. The number of nitrogens with one attached hydrogen (secondary N) is 1. The molecule has 0 heterocycles. The van der Waals surface area contributed by atoms with Crippen molar-refractivity contribution in [3.05, 3.63) is 24.3 Å². The van der Waals surface area contributed by atoms with E-state index in [0.29, 0.717) is 5.75 Å². The highest BCUT2D eigenvalue weighted by molar-refractivity contribution is 7.89. The van der Waals surface area contributed by atoms with E-state index in [-0.39, 0.29) is 17.5 Å². The molecule has 16 heavy (non-hydrogen) atoms. The molecule has 0 aliphatic heterocycles. The third kappa shape index (κ3) is 3.19. The summed E-state index contributed by atoms with van der Waals surface area (Å²) in [6, 6.07) is 5.89. The molecule has 1 unspecified atom stereocenters. The molecule has 0 amide bonds. The van der Waals surface area contributed by atoms with Gasteiger partial charge in [-0.05, 0) is 31.2 Å². The van der Waals surface area contributed by atoms with Crippen LogP contribution in [0, 0.1) is 0 Å². The van der Waals surface area contributed by atoms with Gasteiger partial charge in [-0.1, -0.05) is 0 Å². The lowest BCUT2D eigenvalue weighted by molar-refractivity contribution is 0.414. The molecule has 1 atom stereocenters. The molecule has 0 saturated heterocycles. The summed E-state index contributed by atoms with van der Waals surface area (Å²) in [5.41, 5.74) is 5.36. The van der Waals surface area contributed by atoms with Crippen molar-refractivity contribution in [1.82, 2.24) is 4.72 Å². The number of nitrogens with two attached hydrogens (primary N) is 1. The molecular weight excluding hydrogens is 228 g/mol. The van der Waals surface area contributed by atoms with Gasteiger partial charge in [0.1, 0.15) is 5.75 Å². The number of hydrogen-bond acceptors (Lipinski definition) is 4. The third-order valence-corrected chi connectivity index (χ3v) is 3.69. The van der Waals surface area contributed by atoms with Crippen LogP contribution < -0.4 is 15.2 Å². The van der Waals surface area contributed by atoms with Gasteiger partial charge in [0.25, 0.3) is 0 Å². The zero-order valence-electron chi connectivity index (χ0n) is 9.30. The zero-order chi connectivity index (χ0) is 12.2. The molecule has 0 saturated carbocycles. The molecule has 0 aromatic heterocycles. The van der Waals surface area contributed by atoms with Gasteiger partial charge in [0.2, 0.25) is 10.0 Å². The quantitative estimate of drug-likeness (QED) is 0.781. The van der Waals surface area contributed by atoms with Crippen molar-refractivity contribution in [3.8, 4) is 5.75 Å². The predicted octanol–water partition coefficient (Wildman–Crippen LogP) is 0.321. The van der Waals surface area contributed by atoms with Crippen molar-refractivity contribution in [3.63, 3.8) is 0 Å². The van der Waals surface area contributed by atoms with Gasteiger partial charge in [0.05, 0.1) is 12.0 Å². The number of sulfonamides is 1. The third-order valence-electron chi connectivity index (χ3n) is 2.08. The predicted molar refractivity (Wildman–Crippen MR) is 61.8 cm³/mol. The van der Waals surface area contributed by atoms with Crippen LogP contribution in [0.3, 0.4) is 0 Å². The first-order valence-corrected chi connectivity index (χ1v) is 6.34. The minimum atomic E-state index is -3.48. The molecule has 0 bridgehead atoms. The lowest BCUT2D eigenvalue weighted by Crippen LogP contribution is -2.37. The number of methoxy groups -OCH3 is 1. The summed E-state index contributed by atoms with van der Waals surface area (Å²) < 4.78 is 31.0. The molecule has 0 spiro atoms. The maximum atomic E-state index is 11.8. The van der Waals surface area contributed by atoms with E-state index in [9.17, 15) is 8.42 Å². The molecular formula is C10H16N2O3S. The first kappa shape index (κ1) is 13.0. The van der Waals surface area contributed by atoms with Crippen molar-refractivity contribution in [1.29, 1.82) is 0 Å². The summed E-state index contributed by atoms with van der Waals surface area (Å²) in [5, 5.41) is 0. The smallest absolute Gasteiger partial charge is 0.240 e. The second kappa shape index (κ2) is 5.29. The van der Waals surface area contributed by atoms with Gasteiger partial charge < -0.3 is 10.5 Å². The Balaban J connectivity index is 2.90. The summed E-state index contributed by atoms with van der Waals surface area (Å²) in [6.07, 6.45) is 0. The molecule has 0 aliphatic rings. The summed E-state index contributed by atoms with van der Waals surface area (Å²) in [4.78, 5) is 0.202. The van der Waals surface area contributed by atoms with E-state index in [0.717, 1.165) is 0 Å².